The first-order valence-corrected chi connectivity index (χ1v) is 20.9. The summed E-state index contributed by atoms with van der Waals surface area (Å²) < 4.78 is 8.89. The summed E-state index contributed by atoms with van der Waals surface area (Å²) in [6.07, 6.45) is 0. The van der Waals surface area contributed by atoms with Crippen LogP contribution in [0, 0.1) is 0 Å². The van der Waals surface area contributed by atoms with Crippen molar-refractivity contribution in [2.45, 2.75) is 0 Å². The second-order valence-electron chi connectivity index (χ2n) is 15.2. The van der Waals surface area contributed by atoms with E-state index in [1.807, 2.05) is 17.4 Å². The smallest absolute Gasteiger partial charge is 0.136 e. The van der Waals surface area contributed by atoms with E-state index in [0.29, 0.717) is 0 Å². The van der Waals surface area contributed by atoms with Crippen molar-refractivity contribution in [2.24, 2.45) is 0 Å². The predicted octanol–water partition coefficient (Wildman–Crippen LogP) is 16.7. The Balaban J connectivity index is 1.14. The van der Waals surface area contributed by atoms with Gasteiger partial charge in [-0.1, -0.05) is 158 Å². The number of hydrogen-bond acceptors (Lipinski definition) is 3. The minimum Gasteiger partial charge on any atom is -0.456 e. The zero-order valence-corrected chi connectivity index (χ0v) is 32.8. The Morgan fingerprint density at radius 1 is 0.339 bits per heavy atom. The Morgan fingerprint density at radius 2 is 0.932 bits per heavy atom. The first kappa shape index (κ1) is 33.7. The molecule has 0 spiro atoms. The molecule has 0 bridgehead atoms. The first-order valence-electron chi connectivity index (χ1n) is 20.1. The van der Waals surface area contributed by atoms with Crippen molar-refractivity contribution in [3.05, 3.63) is 212 Å². The molecule has 0 aliphatic heterocycles. The zero-order valence-electron chi connectivity index (χ0n) is 32.0. The van der Waals surface area contributed by atoms with E-state index in [0.717, 1.165) is 50.0 Å². The molecule has 0 atom stereocenters. The molecule has 0 aliphatic rings. The third-order valence-corrected chi connectivity index (χ3v) is 13.0. The van der Waals surface area contributed by atoms with Gasteiger partial charge >= 0.3 is 0 Å². The number of hydrogen-bond donors (Lipinski definition) is 0. The van der Waals surface area contributed by atoms with Crippen molar-refractivity contribution in [3.8, 4) is 33.4 Å². The van der Waals surface area contributed by atoms with E-state index < -0.39 is 0 Å². The molecule has 3 heteroatoms. The van der Waals surface area contributed by atoms with Gasteiger partial charge in [-0.05, 0) is 104 Å². The molecule has 0 amide bonds. The maximum atomic E-state index is 6.34. The predicted molar refractivity (Wildman–Crippen MR) is 253 cm³/mol. The van der Waals surface area contributed by atoms with Crippen LogP contribution in [0.2, 0.25) is 0 Å². The second-order valence-corrected chi connectivity index (χ2v) is 16.3. The monoisotopic (exact) mass is 769 g/mol. The van der Waals surface area contributed by atoms with Crippen LogP contribution in [0.1, 0.15) is 0 Å². The fourth-order valence-corrected chi connectivity index (χ4v) is 10.3. The Kier molecular flexibility index (Phi) is 7.75. The molecule has 0 saturated heterocycles. The van der Waals surface area contributed by atoms with Gasteiger partial charge in [-0.15, -0.1) is 11.3 Å². The van der Waals surface area contributed by atoms with Crippen molar-refractivity contribution >= 4 is 92.1 Å². The van der Waals surface area contributed by atoms with Gasteiger partial charge in [0.1, 0.15) is 11.2 Å². The molecule has 59 heavy (non-hydrogen) atoms. The average Bonchev–Trinajstić information content (AvgIpc) is 3.87. The largest absolute Gasteiger partial charge is 0.456 e. The van der Waals surface area contributed by atoms with Gasteiger partial charge in [0.2, 0.25) is 0 Å². The molecular formula is C56H35NOS. The van der Waals surface area contributed by atoms with Gasteiger partial charge in [-0.2, -0.15) is 0 Å². The van der Waals surface area contributed by atoms with Crippen LogP contribution in [0.5, 0.6) is 0 Å². The minimum absolute atomic E-state index is 0.910. The van der Waals surface area contributed by atoms with Crippen LogP contribution in [-0.2, 0) is 0 Å². The van der Waals surface area contributed by atoms with Gasteiger partial charge in [0.15, 0.2) is 0 Å². The Labute approximate surface area is 345 Å². The Bertz CT molecular complexity index is 3580. The lowest BCUT2D eigenvalue weighted by Crippen LogP contribution is -2.12. The molecule has 276 valence electrons. The summed E-state index contributed by atoms with van der Waals surface area (Å²) in [4.78, 5) is 2.50. The summed E-state index contributed by atoms with van der Waals surface area (Å²) in [5.41, 5.74) is 12.3. The zero-order chi connectivity index (χ0) is 38.9. The summed E-state index contributed by atoms with van der Waals surface area (Å²) in [6.45, 7) is 0. The molecule has 0 N–H and O–H groups in total. The molecule has 0 unspecified atom stereocenters. The van der Waals surface area contributed by atoms with E-state index >= 15 is 0 Å². The number of para-hydroxylation sites is 2. The summed E-state index contributed by atoms with van der Waals surface area (Å²) in [5.74, 6) is 0. The van der Waals surface area contributed by atoms with E-state index in [1.54, 1.807) is 0 Å². The lowest BCUT2D eigenvalue weighted by atomic mass is 9.88. The SMILES string of the molecule is c1ccc(-c2ccccc2-c2ccccc2-c2ccccc2N(c2ccc3ccc4cc5oc6ccccc6c5cc4c3c2)c2cccc3sc4ccccc4c23)cc1. The number of anilines is 3. The third-order valence-electron chi connectivity index (χ3n) is 11.9. The van der Waals surface area contributed by atoms with Crippen molar-refractivity contribution in [3.63, 3.8) is 0 Å². The summed E-state index contributed by atoms with van der Waals surface area (Å²) in [6, 6.07) is 77.2. The average molecular weight is 770 g/mol. The van der Waals surface area contributed by atoms with Crippen LogP contribution in [0.3, 0.4) is 0 Å². The van der Waals surface area contributed by atoms with Crippen molar-refractivity contribution < 1.29 is 4.42 Å². The normalized spacial score (nSPS) is 11.7. The molecule has 2 aromatic heterocycles. The van der Waals surface area contributed by atoms with E-state index in [4.69, 9.17) is 4.42 Å². The molecule has 0 radical (unpaired) electrons. The lowest BCUT2D eigenvalue weighted by Gasteiger charge is -2.29. The highest BCUT2D eigenvalue weighted by Crippen LogP contribution is 2.49. The lowest BCUT2D eigenvalue weighted by molar-refractivity contribution is 0.669. The van der Waals surface area contributed by atoms with E-state index in [2.05, 4.69) is 211 Å². The Morgan fingerprint density at radius 3 is 1.78 bits per heavy atom. The molecule has 2 heterocycles. The summed E-state index contributed by atoms with van der Waals surface area (Å²) in [7, 11) is 0. The number of nitrogens with zero attached hydrogens (tertiary/aromatic N) is 1. The van der Waals surface area contributed by atoms with Crippen LogP contribution in [0.25, 0.3) is 97.0 Å². The van der Waals surface area contributed by atoms with Crippen LogP contribution in [0.4, 0.5) is 17.1 Å². The third kappa shape index (κ3) is 5.47. The summed E-state index contributed by atoms with van der Waals surface area (Å²) in [5, 5.41) is 9.56. The molecule has 12 rings (SSSR count). The minimum atomic E-state index is 0.910. The molecule has 0 aliphatic carbocycles. The standard InChI is InChI=1S/C56H35NOS/c1-2-15-36(16-3-1)40-17-4-5-18-41(40)42-19-6-7-20-43(42)44-21-8-11-24-50(44)57(51-25-14-28-55-56(51)46-23-10-13-27-54(46)59-55)39-32-31-37-29-30-38-33-53-49(35-48(38)47(37)34-39)45-22-9-12-26-52(45)58-53/h1-35H. The van der Waals surface area contributed by atoms with Gasteiger partial charge < -0.3 is 9.32 Å². The number of benzene rings is 10. The topological polar surface area (TPSA) is 16.4 Å². The number of rotatable bonds is 6. The van der Waals surface area contributed by atoms with Crippen LogP contribution >= 0.6 is 11.3 Å². The first-order chi connectivity index (χ1) is 29.3. The highest BCUT2D eigenvalue weighted by molar-refractivity contribution is 7.26. The van der Waals surface area contributed by atoms with Crippen molar-refractivity contribution in [1.29, 1.82) is 0 Å². The number of fused-ring (bicyclic) bond motifs is 9. The Hall–Kier alpha value is -7.46. The maximum absolute atomic E-state index is 6.34. The fourth-order valence-electron chi connectivity index (χ4n) is 9.19. The van der Waals surface area contributed by atoms with E-state index in [-0.39, 0.29) is 0 Å². The van der Waals surface area contributed by atoms with Crippen LogP contribution in [-0.4, -0.2) is 0 Å². The number of furan rings is 1. The van der Waals surface area contributed by atoms with Crippen molar-refractivity contribution in [2.75, 3.05) is 4.90 Å². The van der Waals surface area contributed by atoms with Crippen LogP contribution in [0.15, 0.2) is 217 Å². The van der Waals surface area contributed by atoms with Crippen LogP contribution < -0.4 is 4.90 Å². The highest BCUT2D eigenvalue weighted by Gasteiger charge is 2.23. The molecule has 10 aromatic carbocycles. The van der Waals surface area contributed by atoms with Gasteiger partial charge in [-0.25, -0.2) is 0 Å². The van der Waals surface area contributed by atoms with Gasteiger partial charge in [0.05, 0.1) is 11.4 Å². The molecular weight excluding hydrogens is 735 g/mol. The molecule has 2 nitrogen and oxygen atoms in total. The fraction of sp³-hybridized carbons (Fsp3) is 0. The number of thiophene rings is 1. The van der Waals surface area contributed by atoms with E-state index in [1.165, 1.54) is 64.1 Å². The summed E-state index contributed by atoms with van der Waals surface area (Å²) >= 11 is 1.86. The van der Waals surface area contributed by atoms with Gasteiger partial charge in [0.25, 0.3) is 0 Å². The van der Waals surface area contributed by atoms with Gasteiger partial charge in [-0.3, -0.25) is 0 Å². The van der Waals surface area contributed by atoms with Crippen molar-refractivity contribution in [1.82, 2.24) is 0 Å². The molecule has 12 aromatic rings. The quantitative estimate of drug-likeness (QED) is 0.157. The van der Waals surface area contributed by atoms with E-state index in [9.17, 15) is 0 Å². The van der Waals surface area contributed by atoms with Gasteiger partial charge in [0, 0.05) is 42.2 Å². The molecule has 0 saturated carbocycles. The highest BCUT2D eigenvalue weighted by atomic mass is 32.1. The second kappa shape index (κ2) is 13.6. The maximum Gasteiger partial charge on any atom is 0.136 e. The molecule has 0 fully saturated rings.